The van der Waals surface area contributed by atoms with Gasteiger partial charge in [-0.15, -0.1) is 0 Å². The molecule has 1 aromatic heterocycles. The molecule has 0 radical (unpaired) electrons. The molecule has 25 heavy (non-hydrogen) atoms. The number of ether oxygens (including phenoxy) is 1. The van der Waals surface area contributed by atoms with E-state index >= 15 is 0 Å². The summed E-state index contributed by atoms with van der Waals surface area (Å²) in [5.74, 6) is 0.658. The molecule has 0 N–H and O–H groups in total. The van der Waals surface area contributed by atoms with Crippen LogP contribution in [-0.4, -0.2) is 47.5 Å². The van der Waals surface area contributed by atoms with E-state index in [4.69, 9.17) is 9.26 Å². The van der Waals surface area contributed by atoms with Gasteiger partial charge >= 0.3 is 0 Å². The van der Waals surface area contributed by atoms with Gasteiger partial charge in [0.15, 0.2) is 5.78 Å². The summed E-state index contributed by atoms with van der Waals surface area (Å²) in [6, 6.07) is 8.90. The number of hydrogen-bond donors (Lipinski definition) is 0. The van der Waals surface area contributed by atoms with Crippen molar-refractivity contribution in [3.8, 4) is 0 Å². The van der Waals surface area contributed by atoms with E-state index < -0.39 is 0 Å². The number of amides is 1. The first-order chi connectivity index (χ1) is 12.1. The zero-order valence-corrected chi connectivity index (χ0v) is 14.5. The van der Waals surface area contributed by atoms with Gasteiger partial charge in [0.2, 0.25) is 5.91 Å². The minimum atomic E-state index is -0.241. The SMILES string of the molecule is Cc1noc(C)c1CC(=O)N1CCOCC1CC(=O)c1ccccc1. The van der Waals surface area contributed by atoms with Crippen LogP contribution in [0.15, 0.2) is 34.9 Å². The molecule has 0 aliphatic carbocycles. The van der Waals surface area contributed by atoms with E-state index in [0.717, 1.165) is 11.3 Å². The standard InChI is InChI=1S/C19H22N2O4/c1-13-17(14(2)25-20-13)11-19(23)21-8-9-24-12-16(21)10-18(22)15-6-4-3-5-7-15/h3-7,16H,8-12H2,1-2H3. The third-order valence-corrected chi connectivity index (χ3v) is 4.57. The number of nitrogens with zero attached hydrogens (tertiary/aromatic N) is 2. The average Bonchev–Trinajstić information content (AvgIpc) is 2.95. The first kappa shape index (κ1) is 17.4. The van der Waals surface area contributed by atoms with Crippen LogP contribution < -0.4 is 0 Å². The first-order valence-electron chi connectivity index (χ1n) is 8.43. The molecule has 0 spiro atoms. The van der Waals surface area contributed by atoms with Crippen molar-refractivity contribution in [1.82, 2.24) is 10.1 Å². The quantitative estimate of drug-likeness (QED) is 0.780. The van der Waals surface area contributed by atoms with Gasteiger partial charge in [-0.05, 0) is 13.8 Å². The van der Waals surface area contributed by atoms with Crippen molar-refractivity contribution in [2.75, 3.05) is 19.8 Å². The lowest BCUT2D eigenvalue weighted by atomic mass is 10.0. The van der Waals surface area contributed by atoms with E-state index in [-0.39, 0.29) is 30.6 Å². The maximum atomic E-state index is 12.8. The van der Waals surface area contributed by atoms with E-state index in [1.165, 1.54) is 0 Å². The Morgan fingerprint density at radius 1 is 1.24 bits per heavy atom. The lowest BCUT2D eigenvalue weighted by Crippen LogP contribution is -2.50. The second-order valence-electron chi connectivity index (χ2n) is 6.29. The molecule has 6 nitrogen and oxygen atoms in total. The zero-order valence-electron chi connectivity index (χ0n) is 14.5. The van der Waals surface area contributed by atoms with Gasteiger partial charge in [0.1, 0.15) is 5.76 Å². The number of morpholine rings is 1. The smallest absolute Gasteiger partial charge is 0.227 e. The number of ketones is 1. The van der Waals surface area contributed by atoms with Crippen LogP contribution >= 0.6 is 0 Å². The summed E-state index contributed by atoms with van der Waals surface area (Å²) in [5, 5.41) is 3.90. The highest BCUT2D eigenvalue weighted by Crippen LogP contribution is 2.19. The van der Waals surface area contributed by atoms with E-state index in [0.29, 0.717) is 31.1 Å². The Labute approximate surface area is 146 Å². The second-order valence-corrected chi connectivity index (χ2v) is 6.29. The Bertz CT molecular complexity index is 735. The van der Waals surface area contributed by atoms with Crippen LogP contribution in [0.5, 0.6) is 0 Å². The summed E-state index contributed by atoms with van der Waals surface area (Å²) in [5.41, 5.74) is 2.21. The molecule has 1 fully saturated rings. The predicted molar refractivity (Wildman–Crippen MR) is 91.4 cm³/mol. The van der Waals surface area contributed by atoms with Gasteiger partial charge < -0.3 is 14.2 Å². The molecule has 1 amide bonds. The molecule has 0 saturated carbocycles. The lowest BCUT2D eigenvalue weighted by molar-refractivity contribution is -0.138. The van der Waals surface area contributed by atoms with Gasteiger partial charge in [0, 0.05) is 24.1 Å². The Morgan fingerprint density at radius 3 is 2.68 bits per heavy atom. The van der Waals surface area contributed by atoms with Crippen LogP contribution in [0.1, 0.15) is 33.8 Å². The molecule has 2 heterocycles. The Morgan fingerprint density at radius 2 is 2.00 bits per heavy atom. The predicted octanol–water partition coefficient (Wildman–Crippen LogP) is 2.33. The highest BCUT2D eigenvalue weighted by Gasteiger charge is 2.30. The van der Waals surface area contributed by atoms with Crippen LogP contribution in [0, 0.1) is 13.8 Å². The van der Waals surface area contributed by atoms with Crippen molar-refractivity contribution >= 4 is 11.7 Å². The fourth-order valence-corrected chi connectivity index (χ4v) is 3.12. The zero-order chi connectivity index (χ0) is 17.8. The monoisotopic (exact) mass is 342 g/mol. The molecule has 3 rings (SSSR count). The first-order valence-corrected chi connectivity index (χ1v) is 8.43. The number of carbonyl (C=O) groups is 2. The van der Waals surface area contributed by atoms with Gasteiger partial charge in [-0.25, -0.2) is 0 Å². The Kier molecular flexibility index (Phi) is 5.28. The van der Waals surface area contributed by atoms with Gasteiger partial charge in [0.25, 0.3) is 0 Å². The largest absolute Gasteiger partial charge is 0.377 e. The third kappa shape index (κ3) is 3.96. The molecule has 6 heteroatoms. The molecule has 2 aromatic rings. The van der Waals surface area contributed by atoms with Crippen molar-refractivity contribution in [1.29, 1.82) is 0 Å². The van der Waals surface area contributed by atoms with Crippen molar-refractivity contribution in [2.24, 2.45) is 0 Å². The molecular weight excluding hydrogens is 320 g/mol. The number of aromatic nitrogens is 1. The van der Waals surface area contributed by atoms with Crippen LogP contribution in [0.25, 0.3) is 0 Å². The van der Waals surface area contributed by atoms with Crippen LogP contribution in [0.3, 0.4) is 0 Å². The highest BCUT2D eigenvalue weighted by atomic mass is 16.5. The molecule has 1 aliphatic rings. The van der Waals surface area contributed by atoms with E-state index in [1.807, 2.05) is 25.1 Å². The second kappa shape index (κ2) is 7.61. The summed E-state index contributed by atoms with van der Waals surface area (Å²) < 4.78 is 10.6. The van der Waals surface area contributed by atoms with E-state index in [9.17, 15) is 9.59 Å². The fraction of sp³-hybridized carbons (Fsp3) is 0.421. The normalized spacial score (nSPS) is 17.5. The highest BCUT2D eigenvalue weighted by molar-refractivity contribution is 5.96. The number of rotatable bonds is 5. The summed E-state index contributed by atoms with van der Waals surface area (Å²) in [6.07, 6.45) is 0.495. The summed E-state index contributed by atoms with van der Waals surface area (Å²) in [6.45, 7) is 5.00. The average molecular weight is 342 g/mol. The Hall–Kier alpha value is -2.47. The maximum Gasteiger partial charge on any atom is 0.227 e. The van der Waals surface area contributed by atoms with E-state index in [1.54, 1.807) is 24.0 Å². The fourth-order valence-electron chi connectivity index (χ4n) is 3.12. The van der Waals surface area contributed by atoms with Crippen molar-refractivity contribution in [3.05, 3.63) is 52.9 Å². The van der Waals surface area contributed by atoms with Gasteiger partial charge in [-0.2, -0.15) is 0 Å². The number of carbonyl (C=O) groups excluding carboxylic acids is 2. The molecule has 1 unspecified atom stereocenters. The third-order valence-electron chi connectivity index (χ3n) is 4.57. The lowest BCUT2D eigenvalue weighted by Gasteiger charge is -2.35. The van der Waals surface area contributed by atoms with E-state index in [2.05, 4.69) is 5.16 Å². The van der Waals surface area contributed by atoms with Crippen LogP contribution in [0.2, 0.25) is 0 Å². The van der Waals surface area contributed by atoms with Gasteiger partial charge in [-0.1, -0.05) is 35.5 Å². The van der Waals surface area contributed by atoms with Crippen molar-refractivity contribution < 1.29 is 18.8 Å². The van der Waals surface area contributed by atoms with Crippen molar-refractivity contribution in [3.63, 3.8) is 0 Å². The maximum absolute atomic E-state index is 12.8. The molecule has 1 aliphatic heterocycles. The number of aryl methyl sites for hydroxylation is 2. The molecule has 132 valence electrons. The van der Waals surface area contributed by atoms with Gasteiger partial charge in [0.05, 0.1) is 31.4 Å². The summed E-state index contributed by atoms with van der Waals surface area (Å²) in [4.78, 5) is 27.0. The number of Topliss-reactive ketones (excluding diaryl/α,β-unsaturated/α-hetero) is 1. The summed E-state index contributed by atoms with van der Waals surface area (Å²) >= 11 is 0. The molecular formula is C19H22N2O4. The summed E-state index contributed by atoms with van der Waals surface area (Å²) in [7, 11) is 0. The van der Waals surface area contributed by atoms with Crippen LogP contribution in [0.4, 0.5) is 0 Å². The topological polar surface area (TPSA) is 72.6 Å². The Balaban J connectivity index is 1.70. The minimum absolute atomic E-state index is 0.0197. The number of hydrogen-bond acceptors (Lipinski definition) is 5. The van der Waals surface area contributed by atoms with Crippen LogP contribution in [-0.2, 0) is 16.0 Å². The number of benzene rings is 1. The molecule has 1 atom stereocenters. The minimum Gasteiger partial charge on any atom is -0.377 e. The molecule has 1 saturated heterocycles. The molecule has 1 aromatic carbocycles. The molecule has 0 bridgehead atoms. The van der Waals surface area contributed by atoms with Gasteiger partial charge in [-0.3, -0.25) is 9.59 Å². The van der Waals surface area contributed by atoms with Crippen molar-refractivity contribution in [2.45, 2.75) is 32.7 Å².